The fourth-order valence-electron chi connectivity index (χ4n) is 2.56. The molecule has 0 aliphatic heterocycles. The first-order chi connectivity index (χ1) is 14.2. The van der Waals surface area contributed by atoms with Crippen molar-refractivity contribution in [2.45, 2.75) is 12.9 Å². The molecule has 0 spiro atoms. The zero-order chi connectivity index (χ0) is 21.7. The number of nitrogens with zero attached hydrogens (tertiary/aromatic N) is 2. The van der Waals surface area contributed by atoms with Crippen molar-refractivity contribution in [3.05, 3.63) is 82.5 Å². The second-order valence-electron chi connectivity index (χ2n) is 6.10. The Morgan fingerprint density at radius 2 is 1.87 bits per heavy atom. The first-order valence-corrected chi connectivity index (χ1v) is 8.92. The fraction of sp³-hybridized carbons (Fsp3) is 0.0952. The summed E-state index contributed by atoms with van der Waals surface area (Å²) < 4.78 is 40.5. The highest BCUT2D eigenvalue weighted by molar-refractivity contribution is 6.31. The standard InChI is InChI=1S/C21H13ClF3N3O2/c22-18-9-13(10-26)1-2-15(18)11-28-20(29)16-5-8-19(27-12-16)14-3-6-17(7-4-14)30-21(23,24)25/h1-9,12H,11H2,(H,28,29). The molecule has 0 atom stereocenters. The maximum Gasteiger partial charge on any atom is 0.573 e. The molecule has 2 aromatic carbocycles. The third-order valence-electron chi connectivity index (χ3n) is 4.03. The molecule has 0 aliphatic rings. The lowest BCUT2D eigenvalue weighted by atomic mass is 10.1. The zero-order valence-electron chi connectivity index (χ0n) is 15.2. The summed E-state index contributed by atoms with van der Waals surface area (Å²) in [5.41, 5.74) is 2.45. The Morgan fingerprint density at radius 3 is 2.43 bits per heavy atom. The van der Waals surface area contributed by atoms with E-state index in [1.807, 2.05) is 6.07 Å². The lowest BCUT2D eigenvalue weighted by molar-refractivity contribution is -0.274. The third-order valence-corrected chi connectivity index (χ3v) is 4.38. The molecule has 3 aromatic rings. The maximum atomic E-state index is 12.3. The summed E-state index contributed by atoms with van der Waals surface area (Å²) in [6.07, 6.45) is -3.39. The van der Waals surface area contributed by atoms with Gasteiger partial charge in [0.15, 0.2) is 0 Å². The first-order valence-electron chi connectivity index (χ1n) is 8.54. The van der Waals surface area contributed by atoms with Crippen LogP contribution in [0.5, 0.6) is 5.75 Å². The minimum absolute atomic E-state index is 0.172. The second kappa shape index (κ2) is 8.84. The number of pyridine rings is 1. The number of alkyl halides is 3. The van der Waals surface area contributed by atoms with Gasteiger partial charge in [-0.05, 0) is 54.1 Å². The Morgan fingerprint density at radius 1 is 1.13 bits per heavy atom. The van der Waals surface area contributed by atoms with Crippen LogP contribution in [-0.4, -0.2) is 17.3 Å². The van der Waals surface area contributed by atoms with Gasteiger partial charge in [-0.1, -0.05) is 17.7 Å². The molecule has 0 aliphatic carbocycles. The summed E-state index contributed by atoms with van der Waals surface area (Å²) in [5.74, 6) is -0.702. The van der Waals surface area contributed by atoms with Gasteiger partial charge in [0.2, 0.25) is 0 Å². The Kier molecular flexibility index (Phi) is 6.23. The van der Waals surface area contributed by atoms with E-state index in [1.165, 1.54) is 36.5 Å². The van der Waals surface area contributed by atoms with Crippen LogP contribution in [0.3, 0.4) is 0 Å². The Balaban J connectivity index is 1.64. The van der Waals surface area contributed by atoms with Crippen LogP contribution in [-0.2, 0) is 6.54 Å². The highest BCUT2D eigenvalue weighted by Gasteiger charge is 2.30. The molecule has 0 radical (unpaired) electrons. The zero-order valence-corrected chi connectivity index (χ0v) is 16.0. The van der Waals surface area contributed by atoms with E-state index in [1.54, 1.807) is 24.3 Å². The molecule has 1 N–H and O–H groups in total. The molecule has 0 saturated heterocycles. The number of aromatic nitrogens is 1. The number of ether oxygens (including phenoxy) is 1. The molecule has 9 heteroatoms. The van der Waals surface area contributed by atoms with Crippen molar-refractivity contribution >= 4 is 17.5 Å². The highest BCUT2D eigenvalue weighted by Crippen LogP contribution is 2.25. The van der Waals surface area contributed by atoms with Crippen molar-refractivity contribution in [1.29, 1.82) is 5.26 Å². The molecule has 0 bridgehead atoms. The van der Waals surface area contributed by atoms with Crippen molar-refractivity contribution in [3.63, 3.8) is 0 Å². The molecule has 1 heterocycles. The van der Waals surface area contributed by atoms with Crippen LogP contribution in [0.4, 0.5) is 13.2 Å². The number of carbonyl (C=O) groups excluding carboxylic acids is 1. The summed E-state index contributed by atoms with van der Waals surface area (Å²) in [4.78, 5) is 16.5. The molecular formula is C21H13ClF3N3O2. The third kappa shape index (κ3) is 5.49. The number of nitrogens with one attached hydrogen (secondary N) is 1. The predicted octanol–water partition coefficient (Wildman–Crippen LogP) is 5.10. The van der Waals surface area contributed by atoms with Gasteiger partial charge in [0, 0.05) is 23.3 Å². The molecule has 5 nitrogen and oxygen atoms in total. The van der Waals surface area contributed by atoms with Gasteiger partial charge in [-0.25, -0.2) is 0 Å². The van der Waals surface area contributed by atoms with Gasteiger partial charge >= 0.3 is 6.36 Å². The quantitative estimate of drug-likeness (QED) is 0.609. The van der Waals surface area contributed by atoms with Crippen LogP contribution in [0.15, 0.2) is 60.8 Å². The summed E-state index contributed by atoms with van der Waals surface area (Å²) >= 11 is 6.09. The number of halogens is 4. The lowest BCUT2D eigenvalue weighted by Crippen LogP contribution is -2.23. The van der Waals surface area contributed by atoms with Gasteiger partial charge in [-0.3, -0.25) is 9.78 Å². The number of rotatable bonds is 5. The Labute approximate surface area is 174 Å². The molecule has 1 amide bonds. The lowest BCUT2D eigenvalue weighted by Gasteiger charge is -2.09. The van der Waals surface area contributed by atoms with E-state index in [0.717, 1.165) is 0 Å². The van der Waals surface area contributed by atoms with E-state index in [-0.39, 0.29) is 18.2 Å². The van der Waals surface area contributed by atoms with Crippen LogP contribution in [0, 0.1) is 11.3 Å². The maximum absolute atomic E-state index is 12.3. The molecule has 0 unspecified atom stereocenters. The number of nitriles is 1. The van der Waals surface area contributed by atoms with E-state index in [0.29, 0.717) is 33.0 Å². The number of hydrogen-bond donors (Lipinski definition) is 1. The van der Waals surface area contributed by atoms with Crippen molar-refractivity contribution < 1.29 is 22.7 Å². The first kappa shape index (κ1) is 21.1. The van der Waals surface area contributed by atoms with Gasteiger partial charge in [-0.2, -0.15) is 5.26 Å². The van der Waals surface area contributed by atoms with E-state index >= 15 is 0 Å². The van der Waals surface area contributed by atoms with Crippen LogP contribution >= 0.6 is 11.6 Å². The number of carbonyl (C=O) groups is 1. The largest absolute Gasteiger partial charge is 0.573 e. The topological polar surface area (TPSA) is 75.0 Å². The normalized spacial score (nSPS) is 10.9. The van der Waals surface area contributed by atoms with Crippen molar-refractivity contribution in [2.75, 3.05) is 0 Å². The summed E-state index contributed by atoms with van der Waals surface area (Å²) in [7, 11) is 0. The number of hydrogen-bond acceptors (Lipinski definition) is 4. The van der Waals surface area contributed by atoms with Gasteiger partial charge in [0.25, 0.3) is 5.91 Å². The second-order valence-corrected chi connectivity index (χ2v) is 6.51. The summed E-state index contributed by atoms with van der Waals surface area (Å²) in [6, 6.07) is 15.2. The molecule has 0 saturated carbocycles. The van der Waals surface area contributed by atoms with Gasteiger partial charge in [0.1, 0.15) is 5.75 Å². The number of benzene rings is 2. The molecule has 30 heavy (non-hydrogen) atoms. The van der Waals surface area contributed by atoms with Crippen LogP contribution in [0.25, 0.3) is 11.3 Å². The van der Waals surface area contributed by atoms with Crippen molar-refractivity contribution in [1.82, 2.24) is 10.3 Å². The smallest absolute Gasteiger partial charge is 0.406 e. The average Bonchev–Trinajstić information content (AvgIpc) is 2.72. The Bertz CT molecular complexity index is 1090. The molecule has 3 rings (SSSR count). The monoisotopic (exact) mass is 431 g/mol. The van der Waals surface area contributed by atoms with E-state index in [4.69, 9.17) is 16.9 Å². The number of amides is 1. The van der Waals surface area contributed by atoms with E-state index in [9.17, 15) is 18.0 Å². The SMILES string of the molecule is N#Cc1ccc(CNC(=O)c2ccc(-c3ccc(OC(F)(F)F)cc3)nc2)c(Cl)c1. The van der Waals surface area contributed by atoms with E-state index < -0.39 is 6.36 Å². The summed E-state index contributed by atoms with van der Waals surface area (Å²) in [5, 5.41) is 11.9. The van der Waals surface area contributed by atoms with Crippen LogP contribution < -0.4 is 10.1 Å². The van der Waals surface area contributed by atoms with Crippen LogP contribution in [0.1, 0.15) is 21.5 Å². The molecule has 152 valence electrons. The van der Waals surface area contributed by atoms with E-state index in [2.05, 4.69) is 15.0 Å². The molecule has 1 aromatic heterocycles. The van der Waals surface area contributed by atoms with Crippen molar-refractivity contribution in [3.8, 4) is 23.1 Å². The Hall–Kier alpha value is -3.57. The highest BCUT2D eigenvalue weighted by atomic mass is 35.5. The minimum atomic E-state index is -4.75. The molecular weight excluding hydrogens is 419 g/mol. The fourth-order valence-corrected chi connectivity index (χ4v) is 2.81. The van der Waals surface area contributed by atoms with Crippen LogP contribution in [0.2, 0.25) is 5.02 Å². The predicted molar refractivity (Wildman–Crippen MR) is 104 cm³/mol. The molecule has 0 fully saturated rings. The van der Waals surface area contributed by atoms with Gasteiger partial charge in [-0.15, -0.1) is 13.2 Å². The summed E-state index contributed by atoms with van der Waals surface area (Å²) in [6.45, 7) is 0.172. The minimum Gasteiger partial charge on any atom is -0.406 e. The average molecular weight is 432 g/mol. The van der Waals surface area contributed by atoms with Crippen molar-refractivity contribution in [2.24, 2.45) is 0 Å². The van der Waals surface area contributed by atoms with Gasteiger partial charge in [0.05, 0.1) is 22.9 Å². The van der Waals surface area contributed by atoms with Gasteiger partial charge < -0.3 is 10.1 Å².